The Morgan fingerprint density at radius 2 is 2.08 bits per heavy atom. The Morgan fingerprint density at radius 1 is 1.54 bits per heavy atom. The highest BCUT2D eigenvalue weighted by atomic mass is 35.5. The fraction of sp³-hybridized carbons (Fsp3) is 0.700. The summed E-state index contributed by atoms with van der Waals surface area (Å²) in [4.78, 5) is 11.7. The predicted octanol–water partition coefficient (Wildman–Crippen LogP) is 2.44. The van der Waals surface area contributed by atoms with Gasteiger partial charge in [-0.1, -0.05) is 37.9 Å². The van der Waals surface area contributed by atoms with Crippen LogP contribution < -0.4 is 5.32 Å². The fourth-order valence-electron chi connectivity index (χ4n) is 1.77. The van der Waals surface area contributed by atoms with Gasteiger partial charge in [0.15, 0.2) is 0 Å². The Labute approximate surface area is 84.3 Å². The molecular formula is C10H16ClNO. The molecule has 1 aliphatic carbocycles. The minimum atomic E-state index is -0.160. The lowest BCUT2D eigenvalue weighted by molar-refractivity contribution is -0.129. The van der Waals surface area contributed by atoms with Crippen molar-refractivity contribution in [1.82, 2.24) is 5.32 Å². The number of rotatable bonds is 3. The molecule has 1 aliphatic rings. The second-order valence-electron chi connectivity index (χ2n) is 3.97. The van der Waals surface area contributed by atoms with Gasteiger partial charge in [-0.05, 0) is 12.8 Å². The van der Waals surface area contributed by atoms with Gasteiger partial charge < -0.3 is 5.32 Å². The second kappa shape index (κ2) is 4.14. The third-order valence-electron chi connectivity index (χ3n) is 2.70. The largest absolute Gasteiger partial charge is 0.351 e. The summed E-state index contributed by atoms with van der Waals surface area (Å²) >= 11 is 5.56. The normalized spacial score (nSPS) is 19.8. The average Bonchev–Trinajstić information content (AvgIpc) is 2.49. The van der Waals surface area contributed by atoms with Crippen LogP contribution in [0.3, 0.4) is 0 Å². The van der Waals surface area contributed by atoms with Crippen molar-refractivity contribution in [3.63, 3.8) is 0 Å². The Balaban J connectivity index is 2.42. The molecular weight excluding hydrogens is 186 g/mol. The van der Waals surface area contributed by atoms with E-state index in [1.165, 1.54) is 0 Å². The maximum Gasteiger partial charge on any atom is 0.226 e. The molecule has 0 unspecified atom stereocenters. The number of nitrogens with one attached hydrogen (secondary N) is 1. The van der Waals surface area contributed by atoms with Crippen LogP contribution in [0.4, 0.5) is 0 Å². The maximum atomic E-state index is 11.7. The van der Waals surface area contributed by atoms with Gasteiger partial charge >= 0.3 is 0 Å². The van der Waals surface area contributed by atoms with Gasteiger partial charge in [0.2, 0.25) is 5.91 Å². The van der Waals surface area contributed by atoms with Gasteiger partial charge in [-0.2, -0.15) is 0 Å². The molecule has 0 heterocycles. The molecule has 13 heavy (non-hydrogen) atoms. The number of carbonyl (C=O) groups excluding carboxylic acids is 1. The van der Waals surface area contributed by atoms with Crippen LogP contribution in [0.1, 0.15) is 32.6 Å². The van der Waals surface area contributed by atoms with Crippen LogP contribution in [0.5, 0.6) is 0 Å². The SMILES string of the molecule is C=C(Cl)CNC(=O)C1(C)CCCC1. The molecule has 1 fully saturated rings. The van der Waals surface area contributed by atoms with E-state index in [4.69, 9.17) is 11.6 Å². The van der Waals surface area contributed by atoms with Crippen molar-refractivity contribution in [1.29, 1.82) is 0 Å². The van der Waals surface area contributed by atoms with Crippen molar-refractivity contribution < 1.29 is 4.79 Å². The molecule has 0 saturated heterocycles. The third kappa shape index (κ3) is 2.73. The number of hydrogen-bond donors (Lipinski definition) is 1. The van der Waals surface area contributed by atoms with E-state index in [1.807, 2.05) is 6.92 Å². The number of amides is 1. The average molecular weight is 202 g/mol. The monoisotopic (exact) mass is 201 g/mol. The third-order valence-corrected chi connectivity index (χ3v) is 2.83. The summed E-state index contributed by atoms with van der Waals surface area (Å²) in [5.74, 6) is 0.117. The molecule has 1 saturated carbocycles. The van der Waals surface area contributed by atoms with Crippen molar-refractivity contribution in [3.8, 4) is 0 Å². The van der Waals surface area contributed by atoms with Gasteiger partial charge in [0, 0.05) is 10.4 Å². The van der Waals surface area contributed by atoms with E-state index in [0.717, 1.165) is 25.7 Å². The van der Waals surface area contributed by atoms with Gasteiger partial charge in [-0.25, -0.2) is 0 Å². The lowest BCUT2D eigenvalue weighted by atomic mass is 9.88. The van der Waals surface area contributed by atoms with E-state index >= 15 is 0 Å². The molecule has 0 atom stereocenters. The number of hydrogen-bond acceptors (Lipinski definition) is 1. The first-order valence-corrected chi connectivity index (χ1v) is 5.04. The standard InChI is InChI=1S/C10H16ClNO/c1-8(11)7-12-9(13)10(2)5-3-4-6-10/h1,3-7H2,2H3,(H,12,13). The smallest absolute Gasteiger partial charge is 0.226 e. The molecule has 0 radical (unpaired) electrons. The van der Waals surface area contributed by atoms with Gasteiger partial charge in [0.05, 0.1) is 6.54 Å². The van der Waals surface area contributed by atoms with Crippen LogP contribution in [-0.4, -0.2) is 12.5 Å². The van der Waals surface area contributed by atoms with E-state index in [9.17, 15) is 4.79 Å². The first-order chi connectivity index (χ1) is 6.04. The molecule has 0 aliphatic heterocycles. The van der Waals surface area contributed by atoms with E-state index in [-0.39, 0.29) is 11.3 Å². The molecule has 1 N–H and O–H groups in total. The molecule has 0 bridgehead atoms. The van der Waals surface area contributed by atoms with Gasteiger partial charge in [0.25, 0.3) is 0 Å². The minimum Gasteiger partial charge on any atom is -0.351 e. The molecule has 1 rings (SSSR count). The first kappa shape index (κ1) is 10.6. The van der Waals surface area contributed by atoms with Crippen LogP contribution in [0, 0.1) is 5.41 Å². The zero-order chi connectivity index (χ0) is 9.90. The predicted molar refractivity (Wildman–Crippen MR) is 54.6 cm³/mol. The molecule has 1 amide bonds. The van der Waals surface area contributed by atoms with Crippen molar-refractivity contribution in [2.45, 2.75) is 32.6 Å². The second-order valence-corrected chi connectivity index (χ2v) is 4.50. The number of halogens is 1. The van der Waals surface area contributed by atoms with Gasteiger partial charge in [-0.3, -0.25) is 4.79 Å². The van der Waals surface area contributed by atoms with Crippen LogP contribution in [0.15, 0.2) is 11.6 Å². The lowest BCUT2D eigenvalue weighted by Gasteiger charge is -2.21. The van der Waals surface area contributed by atoms with Crippen molar-refractivity contribution in [2.24, 2.45) is 5.41 Å². The molecule has 74 valence electrons. The van der Waals surface area contributed by atoms with E-state index < -0.39 is 0 Å². The highest BCUT2D eigenvalue weighted by Gasteiger charge is 2.35. The van der Waals surface area contributed by atoms with E-state index in [2.05, 4.69) is 11.9 Å². The number of carbonyl (C=O) groups is 1. The zero-order valence-electron chi connectivity index (χ0n) is 8.03. The molecule has 0 aromatic rings. The van der Waals surface area contributed by atoms with Crippen LogP contribution >= 0.6 is 11.6 Å². The Bertz CT molecular complexity index is 219. The van der Waals surface area contributed by atoms with Crippen molar-refractivity contribution in [3.05, 3.63) is 11.6 Å². The highest BCUT2D eigenvalue weighted by molar-refractivity contribution is 6.29. The first-order valence-electron chi connectivity index (χ1n) is 4.66. The lowest BCUT2D eigenvalue weighted by Crippen LogP contribution is -2.37. The van der Waals surface area contributed by atoms with Crippen molar-refractivity contribution >= 4 is 17.5 Å². The highest BCUT2D eigenvalue weighted by Crippen LogP contribution is 2.37. The topological polar surface area (TPSA) is 29.1 Å². The fourth-order valence-corrected chi connectivity index (χ4v) is 1.84. The molecule has 3 heteroatoms. The Hall–Kier alpha value is -0.500. The van der Waals surface area contributed by atoms with Crippen LogP contribution in [0.25, 0.3) is 0 Å². The summed E-state index contributed by atoms with van der Waals surface area (Å²) in [6.45, 7) is 5.93. The van der Waals surface area contributed by atoms with Crippen molar-refractivity contribution in [2.75, 3.05) is 6.54 Å². The van der Waals surface area contributed by atoms with Gasteiger partial charge in [0.1, 0.15) is 0 Å². The van der Waals surface area contributed by atoms with Crippen LogP contribution in [0.2, 0.25) is 0 Å². The van der Waals surface area contributed by atoms with E-state index in [0.29, 0.717) is 11.6 Å². The zero-order valence-corrected chi connectivity index (χ0v) is 8.78. The molecule has 2 nitrogen and oxygen atoms in total. The summed E-state index contributed by atoms with van der Waals surface area (Å²) in [7, 11) is 0. The Kier molecular flexibility index (Phi) is 3.37. The van der Waals surface area contributed by atoms with Crippen LogP contribution in [-0.2, 0) is 4.79 Å². The molecule has 0 spiro atoms. The summed E-state index contributed by atoms with van der Waals surface area (Å²) < 4.78 is 0. The van der Waals surface area contributed by atoms with Gasteiger partial charge in [-0.15, -0.1) is 0 Å². The minimum absolute atomic E-state index is 0.117. The van der Waals surface area contributed by atoms with E-state index in [1.54, 1.807) is 0 Å². The molecule has 0 aromatic heterocycles. The summed E-state index contributed by atoms with van der Waals surface area (Å²) in [5, 5.41) is 3.28. The Morgan fingerprint density at radius 3 is 2.54 bits per heavy atom. The summed E-state index contributed by atoms with van der Waals surface area (Å²) in [5.41, 5.74) is -0.160. The summed E-state index contributed by atoms with van der Waals surface area (Å²) in [6, 6.07) is 0. The summed E-state index contributed by atoms with van der Waals surface area (Å²) in [6.07, 6.45) is 4.30. The molecule has 0 aromatic carbocycles. The maximum absolute atomic E-state index is 11.7. The quantitative estimate of drug-likeness (QED) is 0.747.